The van der Waals surface area contributed by atoms with Crippen LogP contribution in [0.2, 0.25) is 0 Å². The van der Waals surface area contributed by atoms with E-state index >= 15 is 0 Å². The average molecular weight is 345 g/mol. The van der Waals surface area contributed by atoms with Crippen LogP contribution in [0.3, 0.4) is 0 Å². The Balaban J connectivity index is 1.25. The minimum Gasteiger partial charge on any atom is -0.490 e. The highest BCUT2D eigenvalue weighted by atomic mass is 16.6. The molecule has 26 heavy (non-hydrogen) atoms. The maximum absolute atomic E-state index is 5.94. The SMILES string of the molecule is Cn1cccc1-c1ccc(OC[C@@H]2Cn3c(nc4ccccc43)O2)cc1. The first-order chi connectivity index (χ1) is 12.8. The summed E-state index contributed by atoms with van der Waals surface area (Å²) >= 11 is 0. The summed E-state index contributed by atoms with van der Waals surface area (Å²) in [7, 11) is 2.05. The normalized spacial score (nSPS) is 15.8. The summed E-state index contributed by atoms with van der Waals surface area (Å²) in [5, 5.41) is 0. The predicted molar refractivity (Wildman–Crippen MR) is 100 cm³/mol. The number of nitrogens with zero attached hydrogens (tertiary/aromatic N) is 3. The van der Waals surface area contributed by atoms with Crippen molar-refractivity contribution in [1.82, 2.24) is 14.1 Å². The number of hydrogen-bond donors (Lipinski definition) is 0. The Bertz CT molecular complexity index is 1060. The topological polar surface area (TPSA) is 41.2 Å². The van der Waals surface area contributed by atoms with Crippen LogP contribution < -0.4 is 9.47 Å². The molecule has 0 saturated carbocycles. The number of hydrogen-bond acceptors (Lipinski definition) is 3. The van der Waals surface area contributed by atoms with Crippen LogP contribution in [-0.4, -0.2) is 26.8 Å². The largest absolute Gasteiger partial charge is 0.490 e. The molecule has 1 atom stereocenters. The summed E-state index contributed by atoms with van der Waals surface area (Å²) in [6.07, 6.45) is 2.03. The lowest BCUT2D eigenvalue weighted by Crippen LogP contribution is -2.23. The van der Waals surface area contributed by atoms with Gasteiger partial charge in [0, 0.05) is 18.9 Å². The molecule has 0 N–H and O–H groups in total. The first-order valence-corrected chi connectivity index (χ1v) is 8.74. The Morgan fingerprint density at radius 1 is 1.08 bits per heavy atom. The molecule has 0 saturated heterocycles. The molecule has 130 valence electrons. The number of rotatable bonds is 4. The zero-order valence-corrected chi connectivity index (χ0v) is 14.5. The third-order valence-corrected chi connectivity index (χ3v) is 4.81. The molecule has 5 heteroatoms. The number of fused-ring (bicyclic) bond motifs is 3. The van der Waals surface area contributed by atoms with Crippen molar-refractivity contribution >= 4 is 11.0 Å². The minimum absolute atomic E-state index is 0.0188. The zero-order valence-electron chi connectivity index (χ0n) is 14.5. The molecule has 0 bridgehead atoms. The monoisotopic (exact) mass is 345 g/mol. The van der Waals surface area contributed by atoms with Gasteiger partial charge in [-0.1, -0.05) is 12.1 Å². The van der Waals surface area contributed by atoms with Crippen LogP contribution in [0, 0.1) is 0 Å². The summed E-state index contributed by atoms with van der Waals surface area (Å²) in [5.41, 5.74) is 4.44. The van der Waals surface area contributed by atoms with E-state index in [4.69, 9.17) is 9.47 Å². The predicted octanol–water partition coefficient (Wildman–Crippen LogP) is 3.88. The van der Waals surface area contributed by atoms with Gasteiger partial charge in [0.2, 0.25) is 0 Å². The third kappa shape index (κ3) is 2.52. The van der Waals surface area contributed by atoms with E-state index < -0.39 is 0 Å². The Morgan fingerprint density at radius 3 is 2.73 bits per heavy atom. The van der Waals surface area contributed by atoms with Gasteiger partial charge in [-0.2, -0.15) is 4.98 Å². The molecule has 3 heterocycles. The quantitative estimate of drug-likeness (QED) is 0.564. The molecule has 5 rings (SSSR count). The molecule has 1 aliphatic heterocycles. The standard InChI is InChI=1S/C21H19N3O2/c1-23-12-4-7-19(23)15-8-10-16(11-9-15)25-14-17-13-24-20-6-3-2-5-18(20)22-21(24)26-17/h2-12,17H,13-14H2,1H3/t17-/m0/s1. The van der Waals surface area contributed by atoms with Crippen molar-refractivity contribution in [2.24, 2.45) is 7.05 Å². The van der Waals surface area contributed by atoms with Gasteiger partial charge in [-0.3, -0.25) is 4.57 Å². The molecule has 0 aliphatic carbocycles. The first-order valence-electron chi connectivity index (χ1n) is 8.74. The van der Waals surface area contributed by atoms with Crippen LogP contribution in [0.25, 0.3) is 22.3 Å². The molecule has 2 aromatic heterocycles. The smallest absolute Gasteiger partial charge is 0.297 e. The molecular weight excluding hydrogens is 326 g/mol. The summed E-state index contributed by atoms with van der Waals surface area (Å²) in [4.78, 5) is 4.53. The van der Waals surface area contributed by atoms with Crippen LogP contribution in [0.1, 0.15) is 0 Å². The first kappa shape index (κ1) is 15.1. The molecule has 0 radical (unpaired) electrons. The number of imidazole rings is 1. The van der Waals surface area contributed by atoms with Crippen LogP contribution in [0.5, 0.6) is 11.8 Å². The Labute approximate surface area is 151 Å². The second kappa shape index (κ2) is 5.95. The zero-order chi connectivity index (χ0) is 17.5. The van der Waals surface area contributed by atoms with Crippen molar-refractivity contribution in [3.05, 3.63) is 66.9 Å². The number of ether oxygens (including phenoxy) is 2. The lowest BCUT2D eigenvalue weighted by atomic mass is 10.1. The van der Waals surface area contributed by atoms with E-state index in [-0.39, 0.29) is 6.10 Å². The molecule has 0 spiro atoms. The maximum Gasteiger partial charge on any atom is 0.297 e. The van der Waals surface area contributed by atoms with Crippen LogP contribution in [0.4, 0.5) is 0 Å². The summed E-state index contributed by atoms with van der Waals surface area (Å²) in [5.74, 6) is 0.848. The molecule has 0 fully saturated rings. The van der Waals surface area contributed by atoms with E-state index in [2.05, 4.69) is 38.4 Å². The van der Waals surface area contributed by atoms with Crippen molar-refractivity contribution < 1.29 is 9.47 Å². The van der Waals surface area contributed by atoms with Gasteiger partial charge in [-0.05, 0) is 54.1 Å². The second-order valence-electron chi connectivity index (χ2n) is 6.57. The van der Waals surface area contributed by atoms with Crippen LogP contribution in [0.15, 0.2) is 66.9 Å². The molecule has 0 unspecified atom stereocenters. The van der Waals surface area contributed by atoms with Gasteiger partial charge < -0.3 is 14.0 Å². The van der Waals surface area contributed by atoms with E-state index in [9.17, 15) is 0 Å². The molecular formula is C21H19N3O2. The fourth-order valence-corrected chi connectivity index (χ4v) is 3.47. The fraction of sp³-hybridized carbons (Fsp3) is 0.190. The summed E-state index contributed by atoms with van der Waals surface area (Å²) in [6, 6.07) is 21.1. The Kier molecular flexibility index (Phi) is 3.45. The lowest BCUT2D eigenvalue weighted by Gasteiger charge is -2.12. The van der Waals surface area contributed by atoms with E-state index in [1.165, 1.54) is 11.3 Å². The van der Waals surface area contributed by atoms with Gasteiger partial charge in [-0.25, -0.2) is 0 Å². The van der Waals surface area contributed by atoms with Gasteiger partial charge >= 0.3 is 0 Å². The molecule has 4 aromatic rings. The van der Waals surface area contributed by atoms with Gasteiger partial charge in [-0.15, -0.1) is 0 Å². The van der Waals surface area contributed by atoms with Gasteiger partial charge in [0.25, 0.3) is 6.01 Å². The number of benzene rings is 2. The van der Waals surface area contributed by atoms with Crippen molar-refractivity contribution in [2.75, 3.05) is 6.61 Å². The van der Waals surface area contributed by atoms with E-state index in [1.807, 2.05) is 49.6 Å². The number of aryl methyl sites for hydroxylation is 1. The van der Waals surface area contributed by atoms with Crippen LogP contribution in [-0.2, 0) is 13.6 Å². The average Bonchev–Trinajstić information content (AvgIpc) is 3.34. The molecule has 1 aliphatic rings. The summed E-state index contributed by atoms with van der Waals surface area (Å²) in [6.45, 7) is 1.26. The Morgan fingerprint density at radius 2 is 1.92 bits per heavy atom. The highest BCUT2D eigenvalue weighted by molar-refractivity contribution is 5.76. The van der Waals surface area contributed by atoms with Crippen molar-refractivity contribution in [3.63, 3.8) is 0 Å². The number of para-hydroxylation sites is 2. The maximum atomic E-state index is 5.94. The van der Waals surface area contributed by atoms with Crippen molar-refractivity contribution in [2.45, 2.75) is 12.6 Å². The number of aromatic nitrogens is 3. The van der Waals surface area contributed by atoms with Gasteiger partial charge in [0.1, 0.15) is 12.4 Å². The third-order valence-electron chi connectivity index (χ3n) is 4.81. The fourth-order valence-electron chi connectivity index (χ4n) is 3.47. The van der Waals surface area contributed by atoms with Gasteiger partial charge in [0.05, 0.1) is 17.6 Å². The highest BCUT2D eigenvalue weighted by Crippen LogP contribution is 2.28. The molecule has 5 nitrogen and oxygen atoms in total. The van der Waals surface area contributed by atoms with E-state index in [0.29, 0.717) is 12.6 Å². The second-order valence-corrected chi connectivity index (χ2v) is 6.57. The molecule has 0 amide bonds. The van der Waals surface area contributed by atoms with Crippen molar-refractivity contribution in [1.29, 1.82) is 0 Å². The van der Waals surface area contributed by atoms with Crippen molar-refractivity contribution in [3.8, 4) is 23.0 Å². The van der Waals surface area contributed by atoms with Crippen LogP contribution >= 0.6 is 0 Å². The lowest BCUT2D eigenvalue weighted by molar-refractivity contribution is 0.144. The van der Waals surface area contributed by atoms with Gasteiger partial charge in [0.15, 0.2) is 6.10 Å². The minimum atomic E-state index is -0.0188. The van der Waals surface area contributed by atoms with E-state index in [0.717, 1.165) is 23.3 Å². The molecule has 2 aromatic carbocycles. The summed E-state index contributed by atoms with van der Waals surface area (Å²) < 4.78 is 16.1. The Hall–Kier alpha value is -3.21. The van der Waals surface area contributed by atoms with E-state index in [1.54, 1.807) is 0 Å². The highest BCUT2D eigenvalue weighted by Gasteiger charge is 2.26.